The highest BCUT2D eigenvalue weighted by Gasteiger charge is 2.24. The fourth-order valence-electron chi connectivity index (χ4n) is 7.43. The number of rotatable bonds is 3. The van der Waals surface area contributed by atoms with Gasteiger partial charge < -0.3 is 4.42 Å². The van der Waals surface area contributed by atoms with Crippen LogP contribution in [-0.2, 0) is 0 Å². The van der Waals surface area contributed by atoms with E-state index in [1.54, 1.807) is 0 Å². The van der Waals surface area contributed by atoms with Crippen molar-refractivity contribution in [2.24, 2.45) is 0 Å². The van der Waals surface area contributed by atoms with Gasteiger partial charge in [0.15, 0.2) is 5.58 Å². The van der Waals surface area contributed by atoms with Crippen LogP contribution in [0.5, 0.6) is 0 Å². The van der Waals surface area contributed by atoms with E-state index in [1.807, 2.05) is 17.4 Å². The van der Waals surface area contributed by atoms with Gasteiger partial charge in [-0.3, -0.25) is 0 Å². The first-order chi connectivity index (χ1) is 22.8. The molecule has 0 unspecified atom stereocenters. The van der Waals surface area contributed by atoms with E-state index in [0.717, 1.165) is 21.9 Å². The third kappa shape index (κ3) is 3.68. The summed E-state index contributed by atoms with van der Waals surface area (Å²) in [4.78, 5) is 1.26. The van der Waals surface area contributed by atoms with Gasteiger partial charge in [-0.2, -0.15) is 0 Å². The predicted octanol–water partition coefficient (Wildman–Crippen LogP) is 13.3. The average molecular weight is 603 g/mol. The standard InChI is InChI=1S/C44H26OS/c1-2-13-28(14-3-1)43-41(37-25-24-36-31-16-10-11-21-38(31)45-42(36)44(37)46-43)40-34-19-8-6-17-32(34)39(33-18-7-9-20-35(33)40)30-23-22-27-12-4-5-15-29(27)26-30/h1-26H. The molecule has 0 radical (unpaired) electrons. The third-order valence-electron chi connectivity index (χ3n) is 9.46. The summed E-state index contributed by atoms with van der Waals surface area (Å²) in [6, 6.07) is 57.2. The molecule has 0 fully saturated rings. The maximum atomic E-state index is 6.60. The fraction of sp³-hybridized carbons (Fsp3) is 0. The van der Waals surface area contributed by atoms with Gasteiger partial charge in [-0.1, -0.05) is 140 Å². The SMILES string of the molecule is c1ccc(-c2sc3c(ccc4c5ccccc5oc43)c2-c2c3ccccc3c(-c3ccc4ccccc4c3)c3ccccc23)cc1. The second-order valence-electron chi connectivity index (χ2n) is 12.0. The van der Waals surface area contributed by atoms with Gasteiger partial charge in [-0.05, 0) is 72.8 Å². The fourth-order valence-corrected chi connectivity index (χ4v) is 8.73. The van der Waals surface area contributed by atoms with Crippen molar-refractivity contribution in [3.8, 4) is 32.7 Å². The third-order valence-corrected chi connectivity index (χ3v) is 10.7. The monoisotopic (exact) mass is 602 g/mol. The Balaban J connectivity index is 1.37. The number of fused-ring (bicyclic) bond motifs is 8. The first kappa shape index (κ1) is 25.6. The molecule has 0 atom stereocenters. The lowest BCUT2D eigenvalue weighted by Gasteiger charge is -2.19. The van der Waals surface area contributed by atoms with E-state index in [9.17, 15) is 0 Å². The molecular weight excluding hydrogens is 577 g/mol. The van der Waals surface area contributed by atoms with E-state index in [2.05, 4.69) is 152 Å². The number of hydrogen-bond donors (Lipinski definition) is 0. The lowest BCUT2D eigenvalue weighted by atomic mass is 9.84. The van der Waals surface area contributed by atoms with E-state index in [-0.39, 0.29) is 0 Å². The van der Waals surface area contributed by atoms with Crippen LogP contribution in [0.1, 0.15) is 0 Å². The van der Waals surface area contributed by atoms with E-state index in [4.69, 9.17) is 4.42 Å². The van der Waals surface area contributed by atoms with Crippen LogP contribution in [0.4, 0.5) is 0 Å². The van der Waals surface area contributed by atoms with Gasteiger partial charge in [-0.15, -0.1) is 11.3 Å². The normalized spacial score (nSPS) is 11.9. The van der Waals surface area contributed by atoms with Gasteiger partial charge in [0.05, 0.1) is 4.70 Å². The number of thiophene rings is 1. The van der Waals surface area contributed by atoms with Crippen LogP contribution < -0.4 is 0 Å². The van der Waals surface area contributed by atoms with Crippen molar-refractivity contribution in [1.82, 2.24) is 0 Å². The van der Waals surface area contributed by atoms with Crippen molar-refractivity contribution < 1.29 is 4.42 Å². The van der Waals surface area contributed by atoms with Crippen LogP contribution in [0.2, 0.25) is 0 Å². The molecule has 0 N–H and O–H groups in total. The van der Waals surface area contributed by atoms with Gasteiger partial charge in [0.1, 0.15) is 5.58 Å². The molecule has 2 heterocycles. The molecule has 0 spiro atoms. The maximum Gasteiger partial charge on any atom is 0.153 e. The second kappa shape index (κ2) is 9.90. The highest BCUT2D eigenvalue weighted by Crippen LogP contribution is 2.53. The molecule has 0 aliphatic heterocycles. The first-order valence-corrected chi connectivity index (χ1v) is 16.5. The molecule has 0 aliphatic carbocycles. The molecule has 214 valence electrons. The molecule has 2 aromatic heterocycles. The van der Waals surface area contributed by atoms with Crippen LogP contribution >= 0.6 is 11.3 Å². The lowest BCUT2D eigenvalue weighted by molar-refractivity contribution is 0.673. The van der Waals surface area contributed by atoms with Crippen molar-refractivity contribution in [2.75, 3.05) is 0 Å². The van der Waals surface area contributed by atoms with Crippen molar-refractivity contribution in [2.45, 2.75) is 0 Å². The smallest absolute Gasteiger partial charge is 0.153 e. The highest BCUT2D eigenvalue weighted by atomic mass is 32.1. The summed E-state index contributed by atoms with van der Waals surface area (Å²) in [5.74, 6) is 0. The van der Waals surface area contributed by atoms with Crippen molar-refractivity contribution in [3.05, 3.63) is 158 Å². The minimum atomic E-state index is 0.928. The summed E-state index contributed by atoms with van der Waals surface area (Å²) >= 11 is 1.84. The molecule has 10 aromatic rings. The Morgan fingerprint density at radius 2 is 0.957 bits per heavy atom. The summed E-state index contributed by atoms with van der Waals surface area (Å²) in [7, 11) is 0. The zero-order chi connectivity index (χ0) is 30.2. The maximum absolute atomic E-state index is 6.60. The van der Waals surface area contributed by atoms with E-state index >= 15 is 0 Å². The van der Waals surface area contributed by atoms with E-state index in [0.29, 0.717) is 0 Å². The summed E-state index contributed by atoms with van der Waals surface area (Å²) in [6.07, 6.45) is 0. The summed E-state index contributed by atoms with van der Waals surface area (Å²) < 4.78 is 7.79. The number of hydrogen-bond acceptors (Lipinski definition) is 2. The zero-order valence-electron chi connectivity index (χ0n) is 24.8. The van der Waals surface area contributed by atoms with E-state index in [1.165, 1.54) is 75.1 Å². The number of para-hydroxylation sites is 1. The molecule has 0 amide bonds. The van der Waals surface area contributed by atoms with Gasteiger partial charge in [0.25, 0.3) is 0 Å². The Bertz CT molecular complexity index is 2740. The Morgan fingerprint density at radius 1 is 0.370 bits per heavy atom. The molecular formula is C44H26OS. The molecule has 0 aliphatic rings. The van der Waals surface area contributed by atoms with Gasteiger partial charge in [0, 0.05) is 26.6 Å². The predicted molar refractivity (Wildman–Crippen MR) is 198 cm³/mol. The van der Waals surface area contributed by atoms with Gasteiger partial charge in [0.2, 0.25) is 0 Å². The quantitative estimate of drug-likeness (QED) is 0.183. The zero-order valence-corrected chi connectivity index (χ0v) is 25.6. The first-order valence-electron chi connectivity index (χ1n) is 15.7. The van der Waals surface area contributed by atoms with Crippen molar-refractivity contribution in [1.29, 1.82) is 0 Å². The lowest BCUT2D eigenvalue weighted by Crippen LogP contribution is -1.91. The minimum absolute atomic E-state index is 0.928. The Morgan fingerprint density at radius 3 is 1.70 bits per heavy atom. The summed E-state index contributed by atoms with van der Waals surface area (Å²) in [5, 5.41) is 11.1. The van der Waals surface area contributed by atoms with Crippen LogP contribution in [0.3, 0.4) is 0 Å². The number of furan rings is 1. The second-order valence-corrected chi connectivity index (χ2v) is 13.0. The Kier molecular flexibility index (Phi) is 5.51. The molecule has 0 bridgehead atoms. The molecule has 8 aromatic carbocycles. The Hall–Kier alpha value is -5.70. The molecule has 0 saturated heterocycles. The van der Waals surface area contributed by atoms with Crippen LogP contribution in [0, 0.1) is 0 Å². The summed E-state index contributed by atoms with van der Waals surface area (Å²) in [6.45, 7) is 0. The molecule has 2 heteroatoms. The Labute approximate surface area is 269 Å². The van der Waals surface area contributed by atoms with E-state index < -0.39 is 0 Å². The van der Waals surface area contributed by atoms with Gasteiger partial charge in [-0.25, -0.2) is 0 Å². The van der Waals surface area contributed by atoms with Crippen LogP contribution in [-0.4, -0.2) is 0 Å². The van der Waals surface area contributed by atoms with Crippen LogP contribution in [0.15, 0.2) is 162 Å². The topological polar surface area (TPSA) is 13.1 Å². The largest absolute Gasteiger partial charge is 0.455 e. The summed E-state index contributed by atoms with van der Waals surface area (Å²) in [5.41, 5.74) is 8.17. The number of benzene rings is 8. The average Bonchev–Trinajstić information content (AvgIpc) is 3.70. The molecule has 1 nitrogen and oxygen atoms in total. The molecule has 10 rings (SSSR count). The van der Waals surface area contributed by atoms with Crippen LogP contribution in [0.25, 0.3) is 97.0 Å². The molecule has 0 saturated carbocycles. The van der Waals surface area contributed by atoms with Crippen molar-refractivity contribution >= 4 is 75.7 Å². The van der Waals surface area contributed by atoms with Crippen molar-refractivity contribution in [3.63, 3.8) is 0 Å². The minimum Gasteiger partial charge on any atom is -0.455 e. The highest BCUT2D eigenvalue weighted by molar-refractivity contribution is 7.24. The van der Waals surface area contributed by atoms with Gasteiger partial charge >= 0.3 is 0 Å². The molecule has 46 heavy (non-hydrogen) atoms.